The molecule has 0 unspecified atom stereocenters. The minimum Gasteiger partial charge on any atom is -0.444 e. The fourth-order valence-corrected chi connectivity index (χ4v) is 2.59. The van der Waals surface area contributed by atoms with E-state index < -0.39 is 11.7 Å². The molecule has 2 rings (SSSR count). The highest BCUT2D eigenvalue weighted by atomic mass is 32.1. The second-order valence-electron chi connectivity index (χ2n) is 5.52. The first-order valence-electron chi connectivity index (χ1n) is 5.92. The van der Waals surface area contributed by atoms with E-state index in [1.807, 2.05) is 26.2 Å². The number of aliphatic hydroxyl groups is 1. The van der Waals surface area contributed by atoms with Gasteiger partial charge in [0.15, 0.2) is 0 Å². The molecule has 1 N–H and O–H groups in total. The molecule has 1 aliphatic heterocycles. The molecule has 0 aliphatic carbocycles. The summed E-state index contributed by atoms with van der Waals surface area (Å²) in [5.74, 6) is -0.0590. The van der Waals surface area contributed by atoms with Crippen LogP contribution in [0.3, 0.4) is 0 Å². The monoisotopic (exact) mass is 270 g/mol. The maximum absolute atomic E-state index is 11.9. The molecule has 1 aliphatic rings. The van der Waals surface area contributed by atoms with Crippen LogP contribution in [0.5, 0.6) is 0 Å². The number of rotatable bonds is 1. The number of hydrogen-bond acceptors (Lipinski definition) is 5. The highest BCUT2D eigenvalue weighted by Crippen LogP contribution is 2.29. The molecule has 0 saturated carbocycles. The van der Waals surface area contributed by atoms with Gasteiger partial charge in [-0.1, -0.05) is 0 Å². The van der Waals surface area contributed by atoms with Crippen molar-refractivity contribution in [2.24, 2.45) is 0 Å². The van der Waals surface area contributed by atoms with Crippen LogP contribution >= 0.6 is 11.5 Å². The normalized spacial score (nSPS) is 24.3. The molecule has 5 nitrogen and oxygen atoms in total. The van der Waals surface area contributed by atoms with Gasteiger partial charge in [0.1, 0.15) is 5.60 Å². The molecule has 2 heterocycles. The van der Waals surface area contributed by atoms with Crippen molar-refractivity contribution < 1.29 is 14.6 Å². The highest BCUT2D eigenvalue weighted by Gasteiger charge is 2.37. The zero-order chi connectivity index (χ0) is 13.3. The minimum absolute atomic E-state index is 0.0590. The fourth-order valence-electron chi connectivity index (χ4n) is 1.99. The summed E-state index contributed by atoms with van der Waals surface area (Å²) in [4.78, 5) is 13.5. The van der Waals surface area contributed by atoms with Crippen molar-refractivity contribution in [3.05, 3.63) is 17.1 Å². The molecule has 0 radical (unpaired) electrons. The van der Waals surface area contributed by atoms with Gasteiger partial charge in [-0.25, -0.2) is 9.17 Å². The van der Waals surface area contributed by atoms with E-state index in [-0.39, 0.29) is 12.0 Å². The number of carbonyl (C=O) groups is 1. The minimum atomic E-state index is -0.547. The summed E-state index contributed by atoms with van der Waals surface area (Å²) in [5, 5.41) is 11.9. The Bertz CT molecular complexity index is 413. The summed E-state index contributed by atoms with van der Waals surface area (Å²) < 4.78 is 9.32. The first-order chi connectivity index (χ1) is 8.37. The summed E-state index contributed by atoms with van der Waals surface area (Å²) in [6.45, 7) is 6.29. The van der Waals surface area contributed by atoms with E-state index in [4.69, 9.17) is 4.74 Å². The van der Waals surface area contributed by atoms with Gasteiger partial charge in [0.25, 0.3) is 0 Å². The third-order valence-corrected chi connectivity index (χ3v) is 3.42. The van der Waals surface area contributed by atoms with Gasteiger partial charge in [-0.3, -0.25) is 0 Å². The Hall–Kier alpha value is -1.14. The van der Waals surface area contributed by atoms with Gasteiger partial charge in [-0.05, 0) is 37.9 Å². The molecule has 1 aromatic rings. The van der Waals surface area contributed by atoms with Crippen LogP contribution in [-0.4, -0.2) is 45.3 Å². The third-order valence-electron chi connectivity index (χ3n) is 2.82. The SMILES string of the molecule is CC(C)(C)OC(=O)N1C[C@@H](O)[C@H](c2cnsc2)C1. The van der Waals surface area contributed by atoms with Crippen LogP contribution in [0.1, 0.15) is 32.3 Å². The Labute approximate surface area is 111 Å². The molecule has 1 fully saturated rings. The van der Waals surface area contributed by atoms with Crippen molar-refractivity contribution in [3.63, 3.8) is 0 Å². The molecule has 1 aromatic heterocycles. The van der Waals surface area contributed by atoms with Gasteiger partial charge >= 0.3 is 6.09 Å². The lowest BCUT2D eigenvalue weighted by atomic mass is 10.0. The Morgan fingerprint density at radius 3 is 2.83 bits per heavy atom. The molecule has 0 bridgehead atoms. The predicted octanol–water partition coefficient (Wildman–Crippen LogP) is 1.84. The smallest absolute Gasteiger partial charge is 0.410 e. The molecule has 2 atom stereocenters. The van der Waals surface area contributed by atoms with Gasteiger partial charge in [0, 0.05) is 24.0 Å². The average Bonchev–Trinajstić information content (AvgIpc) is 2.82. The second-order valence-corrected chi connectivity index (χ2v) is 6.17. The first kappa shape index (κ1) is 13.3. The van der Waals surface area contributed by atoms with Crippen LogP contribution in [-0.2, 0) is 4.74 Å². The van der Waals surface area contributed by atoms with Gasteiger partial charge in [0.2, 0.25) is 0 Å². The largest absolute Gasteiger partial charge is 0.444 e. The average molecular weight is 270 g/mol. The number of ether oxygens (including phenoxy) is 1. The van der Waals surface area contributed by atoms with Gasteiger partial charge in [-0.2, -0.15) is 0 Å². The summed E-state index contributed by atoms with van der Waals surface area (Å²) in [6.07, 6.45) is 0.832. The van der Waals surface area contributed by atoms with E-state index in [1.165, 1.54) is 11.5 Å². The van der Waals surface area contributed by atoms with E-state index in [2.05, 4.69) is 4.37 Å². The van der Waals surface area contributed by atoms with Crippen LogP contribution in [0.2, 0.25) is 0 Å². The number of β-amino-alcohol motifs (C(OH)–C–C–N with tert-alkyl or cyclic N) is 1. The number of amides is 1. The van der Waals surface area contributed by atoms with Crippen LogP contribution in [0, 0.1) is 0 Å². The lowest BCUT2D eigenvalue weighted by Crippen LogP contribution is -2.35. The number of carbonyl (C=O) groups excluding carboxylic acids is 1. The van der Waals surface area contributed by atoms with E-state index in [1.54, 1.807) is 11.1 Å². The maximum Gasteiger partial charge on any atom is 0.410 e. The van der Waals surface area contributed by atoms with Gasteiger partial charge in [0.05, 0.1) is 12.6 Å². The predicted molar refractivity (Wildman–Crippen MR) is 68.7 cm³/mol. The quantitative estimate of drug-likeness (QED) is 0.845. The van der Waals surface area contributed by atoms with Gasteiger partial charge in [-0.15, -0.1) is 0 Å². The molecule has 18 heavy (non-hydrogen) atoms. The van der Waals surface area contributed by atoms with E-state index >= 15 is 0 Å². The van der Waals surface area contributed by atoms with Crippen molar-refractivity contribution >= 4 is 17.6 Å². The van der Waals surface area contributed by atoms with E-state index in [0.717, 1.165) is 5.56 Å². The molecular formula is C12H18N2O3S. The summed E-state index contributed by atoms with van der Waals surface area (Å²) in [5.41, 5.74) is 0.475. The zero-order valence-electron chi connectivity index (χ0n) is 10.8. The Morgan fingerprint density at radius 1 is 1.56 bits per heavy atom. The molecule has 0 aromatic carbocycles. The van der Waals surface area contributed by atoms with Crippen LogP contribution in [0.4, 0.5) is 4.79 Å². The number of hydrogen-bond donors (Lipinski definition) is 1. The van der Waals surface area contributed by atoms with Crippen LogP contribution < -0.4 is 0 Å². The van der Waals surface area contributed by atoms with Crippen LogP contribution in [0.15, 0.2) is 11.6 Å². The molecule has 6 heteroatoms. The van der Waals surface area contributed by atoms with Gasteiger partial charge < -0.3 is 14.7 Å². The highest BCUT2D eigenvalue weighted by molar-refractivity contribution is 7.03. The lowest BCUT2D eigenvalue weighted by Gasteiger charge is -2.24. The van der Waals surface area contributed by atoms with E-state index in [9.17, 15) is 9.90 Å². The molecule has 1 saturated heterocycles. The Morgan fingerprint density at radius 2 is 2.28 bits per heavy atom. The topological polar surface area (TPSA) is 62.7 Å². The van der Waals surface area contributed by atoms with Crippen molar-refractivity contribution in [2.75, 3.05) is 13.1 Å². The van der Waals surface area contributed by atoms with E-state index in [0.29, 0.717) is 13.1 Å². The number of nitrogens with zero attached hydrogens (tertiary/aromatic N) is 2. The van der Waals surface area contributed by atoms with Crippen molar-refractivity contribution in [3.8, 4) is 0 Å². The Balaban J connectivity index is 2.00. The molecular weight excluding hydrogens is 252 g/mol. The summed E-state index contributed by atoms with van der Waals surface area (Å²) in [7, 11) is 0. The Kier molecular flexibility index (Phi) is 3.59. The second kappa shape index (κ2) is 4.85. The van der Waals surface area contributed by atoms with Crippen LogP contribution in [0.25, 0.3) is 0 Å². The first-order valence-corrected chi connectivity index (χ1v) is 6.76. The molecule has 100 valence electrons. The lowest BCUT2D eigenvalue weighted by molar-refractivity contribution is 0.0270. The maximum atomic E-state index is 11.9. The standard InChI is InChI=1S/C12H18N2O3S/c1-12(2,3)17-11(16)14-5-9(10(15)6-14)8-4-13-18-7-8/h4,7,9-10,15H,5-6H2,1-3H3/t9-,10+/m0/s1. The summed E-state index contributed by atoms with van der Waals surface area (Å²) >= 11 is 1.35. The van der Waals surface area contributed by atoms with Crippen molar-refractivity contribution in [1.82, 2.24) is 9.27 Å². The van der Waals surface area contributed by atoms with Crippen molar-refractivity contribution in [2.45, 2.75) is 38.4 Å². The molecule has 0 spiro atoms. The third kappa shape index (κ3) is 3.00. The molecule has 1 amide bonds. The zero-order valence-corrected chi connectivity index (χ0v) is 11.6. The fraction of sp³-hybridized carbons (Fsp3) is 0.667. The number of likely N-dealkylation sites (tertiary alicyclic amines) is 1. The number of aromatic nitrogens is 1. The summed E-state index contributed by atoms with van der Waals surface area (Å²) in [6, 6.07) is 0. The number of aliphatic hydroxyl groups excluding tert-OH is 1. The van der Waals surface area contributed by atoms with Crippen molar-refractivity contribution in [1.29, 1.82) is 0 Å².